The van der Waals surface area contributed by atoms with Crippen molar-refractivity contribution in [2.45, 2.75) is 45.3 Å². The average molecular weight is 336 g/mol. The standard InChI is InChI=1S/C18H28N2O4/c1-18(2,3)24-17(21)19-15-7-6-14(12-16(15)22-5)23-13-8-10-20(4)11-9-13/h6-7,12-13H,8-11H2,1-5H3,(H,19,21). The van der Waals surface area contributed by atoms with Gasteiger partial charge in [0, 0.05) is 19.2 Å². The molecule has 24 heavy (non-hydrogen) atoms. The summed E-state index contributed by atoms with van der Waals surface area (Å²) in [4.78, 5) is 14.2. The van der Waals surface area contributed by atoms with Gasteiger partial charge in [-0.2, -0.15) is 0 Å². The number of nitrogens with one attached hydrogen (secondary N) is 1. The summed E-state index contributed by atoms with van der Waals surface area (Å²) in [7, 11) is 3.69. The lowest BCUT2D eigenvalue weighted by Gasteiger charge is -2.29. The number of likely N-dealkylation sites (tertiary alicyclic amines) is 1. The van der Waals surface area contributed by atoms with Crippen LogP contribution in [-0.2, 0) is 4.74 Å². The molecule has 0 atom stereocenters. The highest BCUT2D eigenvalue weighted by atomic mass is 16.6. The largest absolute Gasteiger partial charge is 0.494 e. The molecule has 1 saturated heterocycles. The lowest BCUT2D eigenvalue weighted by Crippen LogP contribution is -2.35. The normalized spacial score (nSPS) is 16.5. The van der Waals surface area contributed by atoms with Gasteiger partial charge in [-0.05, 0) is 52.8 Å². The van der Waals surface area contributed by atoms with Crippen molar-refractivity contribution < 1.29 is 19.0 Å². The number of piperidine rings is 1. The van der Waals surface area contributed by atoms with Gasteiger partial charge in [0.15, 0.2) is 0 Å². The Kier molecular flexibility index (Phi) is 5.94. The van der Waals surface area contributed by atoms with Crippen molar-refractivity contribution in [2.75, 3.05) is 32.6 Å². The Morgan fingerprint density at radius 2 is 1.92 bits per heavy atom. The van der Waals surface area contributed by atoms with E-state index in [1.165, 1.54) is 0 Å². The van der Waals surface area contributed by atoms with Gasteiger partial charge in [-0.1, -0.05) is 0 Å². The van der Waals surface area contributed by atoms with Crippen LogP contribution >= 0.6 is 0 Å². The van der Waals surface area contributed by atoms with Gasteiger partial charge in [0.1, 0.15) is 23.2 Å². The third kappa shape index (κ3) is 5.60. The van der Waals surface area contributed by atoms with Crippen LogP contribution in [0.4, 0.5) is 10.5 Å². The summed E-state index contributed by atoms with van der Waals surface area (Å²) in [5, 5.41) is 2.71. The van der Waals surface area contributed by atoms with Gasteiger partial charge in [-0.25, -0.2) is 4.79 Å². The third-order valence-corrected chi connectivity index (χ3v) is 3.78. The molecule has 1 N–H and O–H groups in total. The molecule has 0 aromatic heterocycles. The van der Waals surface area contributed by atoms with Crippen molar-refractivity contribution >= 4 is 11.8 Å². The van der Waals surface area contributed by atoms with Crippen molar-refractivity contribution in [3.8, 4) is 11.5 Å². The number of rotatable bonds is 4. The van der Waals surface area contributed by atoms with E-state index in [0.29, 0.717) is 11.4 Å². The maximum atomic E-state index is 11.9. The Morgan fingerprint density at radius 3 is 2.50 bits per heavy atom. The molecule has 0 saturated carbocycles. The van der Waals surface area contributed by atoms with E-state index in [1.807, 2.05) is 26.8 Å². The highest BCUT2D eigenvalue weighted by molar-refractivity contribution is 5.87. The van der Waals surface area contributed by atoms with E-state index in [4.69, 9.17) is 14.2 Å². The highest BCUT2D eigenvalue weighted by Gasteiger charge is 2.20. The summed E-state index contributed by atoms with van der Waals surface area (Å²) >= 11 is 0. The van der Waals surface area contributed by atoms with Crippen LogP contribution in [0.15, 0.2) is 18.2 Å². The van der Waals surface area contributed by atoms with Crippen LogP contribution in [0.1, 0.15) is 33.6 Å². The fourth-order valence-corrected chi connectivity index (χ4v) is 2.56. The summed E-state index contributed by atoms with van der Waals surface area (Å²) in [6.07, 6.45) is 1.73. The zero-order valence-electron chi connectivity index (χ0n) is 15.2. The molecule has 0 aliphatic carbocycles. The van der Waals surface area contributed by atoms with Gasteiger partial charge in [-0.15, -0.1) is 0 Å². The summed E-state index contributed by atoms with van der Waals surface area (Å²) in [6, 6.07) is 5.41. The van der Waals surface area contributed by atoms with E-state index in [1.54, 1.807) is 19.2 Å². The Hall–Kier alpha value is -1.95. The Bertz CT molecular complexity index is 561. The zero-order valence-corrected chi connectivity index (χ0v) is 15.2. The molecular weight excluding hydrogens is 308 g/mol. The van der Waals surface area contributed by atoms with E-state index < -0.39 is 11.7 Å². The number of nitrogens with zero attached hydrogens (tertiary/aromatic N) is 1. The van der Waals surface area contributed by atoms with E-state index in [2.05, 4.69) is 17.3 Å². The van der Waals surface area contributed by atoms with Gasteiger partial charge in [0.2, 0.25) is 0 Å². The number of hydrogen-bond donors (Lipinski definition) is 1. The van der Waals surface area contributed by atoms with Crippen molar-refractivity contribution in [1.29, 1.82) is 0 Å². The van der Waals surface area contributed by atoms with E-state index in [-0.39, 0.29) is 6.10 Å². The van der Waals surface area contributed by atoms with Crippen LogP contribution in [0, 0.1) is 0 Å². The molecular formula is C18H28N2O4. The lowest BCUT2D eigenvalue weighted by molar-refractivity contribution is 0.0635. The number of hydrogen-bond acceptors (Lipinski definition) is 5. The van der Waals surface area contributed by atoms with Gasteiger partial charge < -0.3 is 19.1 Å². The number of carbonyl (C=O) groups excluding carboxylic acids is 1. The lowest BCUT2D eigenvalue weighted by atomic mass is 10.1. The third-order valence-electron chi connectivity index (χ3n) is 3.78. The van der Waals surface area contributed by atoms with Crippen molar-refractivity contribution in [1.82, 2.24) is 4.90 Å². The molecule has 2 rings (SSSR count). The Labute approximate surface area is 144 Å². The van der Waals surface area contributed by atoms with Crippen LogP contribution in [0.3, 0.4) is 0 Å². The molecule has 6 nitrogen and oxygen atoms in total. The van der Waals surface area contributed by atoms with Gasteiger partial charge in [0.05, 0.1) is 12.8 Å². The first-order valence-corrected chi connectivity index (χ1v) is 8.30. The smallest absolute Gasteiger partial charge is 0.412 e. The topological polar surface area (TPSA) is 60.0 Å². The molecule has 134 valence electrons. The maximum Gasteiger partial charge on any atom is 0.412 e. The summed E-state index contributed by atoms with van der Waals surface area (Å²) < 4.78 is 16.7. The SMILES string of the molecule is COc1cc(OC2CCN(C)CC2)ccc1NC(=O)OC(C)(C)C. The second-order valence-corrected chi connectivity index (χ2v) is 7.11. The number of ether oxygens (including phenoxy) is 3. The summed E-state index contributed by atoms with van der Waals surface area (Å²) in [5.74, 6) is 1.29. The molecule has 1 fully saturated rings. The van der Waals surface area contributed by atoms with E-state index in [9.17, 15) is 4.79 Å². The van der Waals surface area contributed by atoms with Crippen molar-refractivity contribution in [2.24, 2.45) is 0 Å². The van der Waals surface area contributed by atoms with E-state index in [0.717, 1.165) is 31.7 Å². The first-order valence-electron chi connectivity index (χ1n) is 8.30. The number of benzene rings is 1. The number of carbonyl (C=O) groups is 1. The van der Waals surface area contributed by atoms with Crippen molar-refractivity contribution in [3.63, 3.8) is 0 Å². The molecule has 1 amide bonds. The first kappa shape index (κ1) is 18.4. The molecule has 1 heterocycles. The second-order valence-electron chi connectivity index (χ2n) is 7.11. The predicted molar refractivity (Wildman–Crippen MR) is 94.0 cm³/mol. The Balaban J connectivity index is 2.00. The van der Waals surface area contributed by atoms with Gasteiger partial charge in [-0.3, -0.25) is 5.32 Å². The van der Waals surface area contributed by atoms with Crippen LogP contribution in [0.5, 0.6) is 11.5 Å². The van der Waals surface area contributed by atoms with Crippen molar-refractivity contribution in [3.05, 3.63) is 18.2 Å². The number of amides is 1. The average Bonchev–Trinajstić information content (AvgIpc) is 2.49. The minimum absolute atomic E-state index is 0.218. The molecule has 0 bridgehead atoms. The monoisotopic (exact) mass is 336 g/mol. The molecule has 1 aliphatic heterocycles. The van der Waals surface area contributed by atoms with Crippen LogP contribution in [0.2, 0.25) is 0 Å². The predicted octanol–water partition coefficient (Wildman–Crippen LogP) is 3.52. The summed E-state index contributed by atoms with van der Waals surface area (Å²) in [6.45, 7) is 7.55. The minimum Gasteiger partial charge on any atom is -0.494 e. The zero-order chi connectivity index (χ0) is 17.7. The van der Waals surface area contributed by atoms with E-state index >= 15 is 0 Å². The van der Waals surface area contributed by atoms with Crippen LogP contribution in [-0.4, -0.2) is 49.9 Å². The minimum atomic E-state index is -0.547. The molecule has 0 spiro atoms. The molecule has 0 radical (unpaired) electrons. The quantitative estimate of drug-likeness (QED) is 0.912. The first-order chi connectivity index (χ1) is 11.3. The van der Waals surface area contributed by atoms with Crippen LogP contribution in [0.25, 0.3) is 0 Å². The highest BCUT2D eigenvalue weighted by Crippen LogP contribution is 2.31. The molecule has 1 aromatic carbocycles. The fourth-order valence-electron chi connectivity index (χ4n) is 2.56. The molecule has 1 aromatic rings. The van der Waals surface area contributed by atoms with Gasteiger partial charge >= 0.3 is 6.09 Å². The second kappa shape index (κ2) is 7.75. The fraction of sp³-hybridized carbons (Fsp3) is 0.611. The Morgan fingerprint density at radius 1 is 1.25 bits per heavy atom. The number of anilines is 1. The molecule has 1 aliphatic rings. The maximum absolute atomic E-state index is 11.9. The molecule has 0 unspecified atom stereocenters. The number of methoxy groups -OCH3 is 1. The van der Waals surface area contributed by atoms with Crippen LogP contribution < -0.4 is 14.8 Å². The molecule has 6 heteroatoms. The summed E-state index contributed by atoms with van der Waals surface area (Å²) in [5.41, 5.74) is 0.0107. The van der Waals surface area contributed by atoms with Gasteiger partial charge in [0.25, 0.3) is 0 Å².